The molecule has 3 aromatic rings. The molecule has 0 aliphatic carbocycles. The van der Waals surface area contributed by atoms with Gasteiger partial charge in [-0.15, -0.1) is 11.3 Å². The maximum Gasteiger partial charge on any atom is 0.258 e. The third-order valence-electron chi connectivity index (χ3n) is 5.07. The Balaban J connectivity index is 1.48. The van der Waals surface area contributed by atoms with Gasteiger partial charge < -0.3 is 15.0 Å². The summed E-state index contributed by atoms with van der Waals surface area (Å²) in [7, 11) is 0. The predicted molar refractivity (Wildman–Crippen MR) is 117 cm³/mol. The van der Waals surface area contributed by atoms with E-state index in [0.29, 0.717) is 36.7 Å². The van der Waals surface area contributed by atoms with Crippen molar-refractivity contribution in [2.45, 2.75) is 32.7 Å². The quantitative estimate of drug-likeness (QED) is 0.624. The summed E-state index contributed by atoms with van der Waals surface area (Å²) in [4.78, 5) is 30.0. The smallest absolute Gasteiger partial charge is 0.258 e. The van der Waals surface area contributed by atoms with Gasteiger partial charge in [-0.1, -0.05) is 12.1 Å². The number of anilines is 1. The molecule has 1 atom stereocenters. The monoisotopic (exact) mass is 424 g/mol. The number of aromatic amines is 1. The normalized spacial score (nSPS) is 15.9. The van der Waals surface area contributed by atoms with E-state index in [1.807, 2.05) is 38.1 Å². The number of hydrogen-bond acceptors (Lipinski definition) is 5. The fourth-order valence-electron chi connectivity index (χ4n) is 3.66. The van der Waals surface area contributed by atoms with Gasteiger partial charge in [-0.2, -0.15) is 5.10 Å². The van der Waals surface area contributed by atoms with Gasteiger partial charge in [0.15, 0.2) is 5.82 Å². The Morgan fingerprint density at radius 2 is 2.13 bits per heavy atom. The van der Waals surface area contributed by atoms with Crippen molar-refractivity contribution in [2.24, 2.45) is 0 Å². The number of benzene rings is 1. The minimum absolute atomic E-state index is 0.187. The third kappa shape index (κ3) is 4.09. The Hall–Kier alpha value is -3.13. The number of carbonyl (C=O) groups is 2. The molecular formula is C22H24N4O3S. The molecule has 0 bridgehead atoms. The highest BCUT2D eigenvalue weighted by molar-refractivity contribution is 7.15. The van der Waals surface area contributed by atoms with Crippen molar-refractivity contribution in [1.82, 2.24) is 15.1 Å². The number of aromatic nitrogens is 2. The van der Waals surface area contributed by atoms with Crippen molar-refractivity contribution in [3.63, 3.8) is 0 Å². The number of carbonyl (C=O) groups excluding carboxylic acids is 2. The van der Waals surface area contributed by atoms with E-state index in [0.717, 1.165) is 17.0 Å². The molecular weight excluding hydrogens is 400 g/mol. The maximum atomic E-state index is 13.1. The number of rotatable bonds is 6. The molecule has 0 saturated carbocycles. The van der Waals surface area contributed by atoms with Gasteiger partial charge in [0, 0.05) is 17.5 Å². The Labute approximate surface area is 179 Å². The summed E-state index contributed by atoms with van der Waals surface area (Å²) in [5, 5.41) is 10.0. The van der Waals surface area contributed by atoms with Gasteiger partial charge in [0.2, 0.25) is 5.91 Å². The van der Waals surface area contributed by atoms with E-state index in [-0.39, 0.29) is 11.8 Å². The zero-order chi connectivity index (χ0) is 21.1. The first kappa shape index (κ1) is 20.2. The van der Waals surface area contributed by atoms with Crippen molar-refractivity contribution in [3.8, 4) is 16.3 Å². The average Bonchev–Trinajstić information content (AvgIpc) is 3.48. The second kappa shape index (κ2) is 8.71. The second-order valence-electron chi connectivity index (χ2n) is 7.15. The van der Waals surface area contributed by atoms with E-state index < -0.39 is 6.04 Å². The van der Waals surface area contributed by atoms with Gasteiger partial charge in [-0.25, -0.2) is 0 Å². The molecule has 0 spiro atoms. The number of ether oxygens (including phenoxy) is 1. The third-order valence-corrected chi connectivity index (χ3v) is 6.10. The molecule has 2 aromatic heterocycles. The van der Waals surface area contributed by atoms with E-state index in [1.165, 1.54) is 4.88 Å². The zero-order valence-electron chi connectivity index (χ0n) is 17.0. The Morgan fingerprint density at radius 3 is 2.90 bits per heavy atom. The predicted octanol–water partition coefficient (Wildman–Crippen LogP) is 4.09. The first-order chi connectivity index (χ1) is 14.6. The molecule has 1 aliphatic heterocycles. The first-order valence-corrected chi connectivity index (χ1v) is 10.8. The molecule has 1 aromatic carbocycles. The number of nitrogens with one attached hydrogen (secondary N) is 2. The van der Waals surface area contributed by atoms with Gasteiger partial charge in [0.05, 0.1) is 22.7 Å². The van der Waals surface area contributed by atoms with Crippen LogP contribution in [-0.4, -0.2) is 46.1 Å². The van der Waals surface area contributed by atoms with Crippen molar-refractivity contribution < 1.29 is 14.3 Å². The molecule has 3 heterocycles. The summed E-state index contributed by atoms with van der Waals surface area (Å²) in [6.45, 7) is 4.93. The van der Waals surface area contributed by atoms with Crippen LogP contribution in [0.1, 0.15) is 35.0 Å². The fourth-order valence-corrected chi connectivity index (χ4v) is 4.50. The molecule has 156 valence electrons. The molecule has 1 aliphatic rings. The number of para-hydroxylation sites is 1. The number of amides is 2. The summed E-state index contributed by atoms with van der Waals surface area (Å²) in [5.41, 5.74) is 1.34. The van der Waals surface area contributed by atoms with Crippen LogP contribution in [0.15, 0.2) is 42.5 Å². The SMILES string of the molecule is CCOc1ccccc1C(=O)N1CCCC1C(=O)Nc1cc(-c2ccc(C)s2)[nH]n1. The van der Waals surface area contributed by atoms with E-state index in [9.17, 15) is 9.59 Å². The summed E-state index contributed by atoms with van der Waals surface area (Å²) < 4.78 is 5.59. The van der Waals surface area contributed by atoms with Crippen LogP contribution in [0.3, 0.4) is 0 Å². The van der Waals surface area contributed by atoms with Gasteiger partial charge in [0.1, 0.15) is 11.8 Å². The van der Waals surface area contributed by atoms with Gasteiger partial charge in [0.25, 0.3) is 5.91 Å². The van der Waals surface area contributed by atoms with Crippen LogP contribution in [0.25, 0.3) is 10.6 Å². The Kier molecular flexibility index (Phi) is 5.85. The van der Waals surface area contributed by atoms with Crippen LogP contribution >= 0.6 is 11.3 Å². The molecule has 4 rings (SSSR count). The highest BCUT2D eigenvalue weighted by atomic mass is 32.1. The zero-order valence-corrected chi connectivity index (χ0v) is 17.8. The van der Waals surface area contributed by atoms with Crippen LogP contribution in [0, 0.1) is 6.92 Å². The van der Waals surface area contributed by atoms with E-state index in [4.69, 9.17) is 4.74 Å². The largest absolute Gasteiger partial charge is 0.493 e. The van der Waals surface area contributed by atoms with E-state index in [2.05, 4.69) is 15.5 Å². The molecule has 1 fully saturated rings. The number of aryl methyl sites for hydroxylation is 1. The highest BCUT2D eigenvalue weighted by Crippen LogP contribution is 2.29. The van der Waals surface area contributed by atoms with Crippen molar-refractivity contribution in [3.05, 3.63) is 52.9 Å². The molecule has 7 nitrogen and oxygen atoms in total. The number of thiophene rings is 1. The van der Waals surface area contributed by atoms with Gasteiger partial charge in [-0.05, 0) is 51.0 Å². The van der Waals surface area contributed by atoms with Gasteiger partial charge in [-0.3, -0.25) is 14.7 Å². The molecule has 8 heteroatoms. The highest BCUT2D eigenvalue weighted by Gasteiger charge is 2.35. The lowest BCUT2D eigenvalue weighted by Gasteiger charge is -2.24. The van der Waals surface area contributed by atoms with Crippen LogP contribution in [-0.2, 0) is 4.79 Å². The fraction of sp³-hybridized carbons (Fsp3) is 0.318. The minimum atomic E-state index is -0.531. The summed E-state index contributed by atoms with van der Waals surface area (Å²) in [6.07, 6.45) is 1.40. The van der Waals surface area contributed by atoms with Crippen molar-refractivity contribution in [1.29, 1.82) is 0 Å². The minimum Gasteiger partial charge on any atom is -0.493 e. The molecule has 2 N–H and O–H groups in total. The second-order valence-corrected chi connectivity index (χ2v) is 8.44. The topological polar surface area (TPSA) is 87.3 Å². The van der Waals surface area contributed by atoms with Crippen molar-refractivity contribution >= 4 is 29.0 Å². The Bertz CT molecular complexity index is 1060. The number of nitrogens with zero attached hydrogens (tertiary/aromatic N) is 2. The lowest BCUT2D eigenvalue weighted by Crippen LogP contribution is -2.43. The van der Waals surface area contributed by atoms with Gasteiger partial charge >= 0.3 is 0 Å². The van der Waals surface area contributed by atoms with E-state index >= 15 is 0 Å². The molecule has 1 saturated heterocycles. The van der Waals surface area contributed by atoms with Crippen LogP contribution in [0.4, 0.5) is 5.82 Å². The summed E-state index contributed by atoms with van der Waals surface area (Å²) in [6, 6.07) is 12.5. The summed E-state index contributed by atoms with van der Waals surface area (Å²) >= 11 is 1.66. The standard InChI is InChI=1S/C22H24N4O3S/c1-3-29-18-9-5-4-7-15(18)22(28)26-12-6-8-17(26)21(27)23-20-13-16(24-25-20)19-11-10-14(2)30-19/h4-5,7,9-11,13,17H,3,6,8,12H2,1-2H3,(H2,23,24,25,27). The van der Waals surface area contributed by atoms with Crippen LogP contribution in [0.2, 0.25) is 0 Å². The molecule has 1 unspecified atom stereocenters. The number of hydrogen-bond donors (Lipinski definition) is 2. The molecule has 2 amide bonds. The van der Waals surface area contributed by atoms with Crippen LogP contribution in [0.5, 0.6) is 5.75 Å². The first-order valence-electron chi connectivity index (χ1n) is 10.0. The lowest BCUT2D eigenvalue weighted by atomic mass is 10.1. The summed E-state index contributed by atoms with van der Waals surface area (Å²) in [5.74, 6) is 0.581. The number of likely N-dealkylation sites (tertiary alicyclic amines) is 1. The lowest BCUT2D eigenvalue weighted by molar-refractivity contribution is -0.119. The van der Waals surface area contributed by atoms with Crippen LogP contribution < -0.4 is 10.1 Å². The molecule has 0 radical (unpaired) electrons. The Morgan fingerprint density at radius 1 is 1.30 bits per heavy atom. The molecule has 30 heavy (non-hydrogen) atoms. The van der Waals surface area contributed by atoms with Crippen molar-refractivity contribution in [2.75, 3.05) is 18.5 Å². The average molecular weight is 425 g/mol. The number of H-pyrrole nitrogens is 1. The maximum absolute atomic E-state index is 13.1. The van der Waals surface area contributed by atoms with E-state index in [1.54, 1.807) is 34.4 Å².